The number of amidine groups is 1. The lowest BCUT2D eigenvalue weighted by molar-refractivity contribution is -0.274. The van der Waals surface area contributed by atoms with E-state index in [1.165, 1.54) is 41.3 Å². The van der Waals surface area contributed by atoms with Crippen molar-refractivity contribution in [3.05, 3.63) is 83.9 Å². The molecule has 1 aliphatic heterocycles. The Balaban J connectivity index is 1.29. The fourth-order valence-corrected chi connectivity index (χ4v) is 5.13. The number of ether oxygens (including phenoxy) is 2. The van der Waals surface area contributed by atoms with Gasteiger partial charge in [-0.25, -0.2) is 18.9 Å². The number of urea groups is 1. The van der Waals surface area contributed by atoms with Crippen molar-refractivity contribution in [2.24, 2.45) is 4.99 Å². The van der Waals surface area contributed by atoms with Crippen LogP contribution in [-0.2, 0) is 16.1 Å². The van der Waals surface area contributed by atoms with Gasteiger partial charge in [-0.05, 0) is 61.0 Å². The summed E-state index contributed by atoms with van der Waals surface area (Å²) in [7, 11) is 0. The normalized spacial score (nSPS) is 14.6. The highest BCUT2D eigenvalue weighted by Gasteiger charge is 2.33. The second-order valence-corrected chi connectivity index (χ2v) is 10.8. The van der Waals surface area contributed by atoms with Crippen LogP contribution < -0.4 is 15.0 Å². The average molecular weight is 683 g/mol. The van der Waals surface area contributed by atoms with Gasteiger partial charge in [-0.15, -0.1) is 18.3 Å². The van der Waals surface area contributed by atoms with Crippen LogP contribution in [0, 0.1) is 12.7 Å². The van der Waals surface area contributed by atoms with Crippen molar-refractivity contribution in [3.63, 3.8) is 0 Å². The number of nitrogens with one attached hydrogen (secondary N) is 1. The summed E-state index contributed by atoms with van der Waals surface area (Å²) in [5.74, 6) is -1.81. The summed E-state index contributed by atoms with van der Waals surface area (Å²) in [6, 6.07) is 12.2. The van der Waals surface area contributed by atoms with Crippen molar-refractivity contribution < 1.29 is 49.8 Å². The first-order valence-corrected chi connectivity index (χ1v) is 14.3. The molecule has 10 nitrogen and oxygen atoms in total. The third-order valence-electron chi connectivity index (χ3n) is 6.26. The summed E-state index contributed by atoms with van der Waals surface area (Å²) in [6.07, 6.45) is -8.12. The zero-order valence-corrected chi connectivity index (χ0v) is 24.7. The molecule has 1 aromatic heterocycles. The highest BCUT2D eigenvalue weighted by molar-refractivity contribution is 8.15. The number of hydrogen-bond acceptors (Lipinski definition) is 7. The molecule has 0 aliphatic carbocycles. The number of anilines is 2. The Labute approximate surface area is 265 Å². The van der Waals surface area contributed by atoms with Gasteiger partial charge in [0.1, 0.15) is 24.5 Å². The van der Waals surface area contributed by atoms with Crippen molar-refractivity contribution in [2.45, 2.75) is 26.1 Å². The topological polar surface area (TPSA) is 111 Å². The van der Waals surface area contributed by atoms with Crippen molar-refractivity contribution in [3.8, 4) is 22.8 Å². The number of aryl methyl sites for hydroxylation is 1. The molecule has 246 valence electrons. The van der Waals surface area contributed by atoms with Crippen LogP contribution in [0.25, 0.3) is 17.1 Å². The molecule has 47 heavy (non-hydrogen) atoms. The third kappa shape index (κ3) is 8.64. The molecule has 3 amide bonds. The van der Waals surface area contributed by atoms with Crippen molar-refractivity contribution in [1.29, 1.82) is 0 Å². The van der Waals surface area contributed by atoms with E-state index in [0.717, 1.165) is 34.9 Å². The molecular weight excluding hydrogens is 661 g/mol. The first-order valence-electron chi connectivity index (χ1n) is 13.3. The molecule has 0 saturated carbocycles. The average Bonchev–Trinajstić information content (AvgIpc) is 3.61. The van der Waals surface area contributed by atoms with Gasteiger partial charge >= 0.3 is 18.6 Å². The molecule has 0 bridgehead atoms. The highest BCUT2D eigenvalue weighted by Crippen LogP contribution is 2.32. The molecule has 1 N–H and O–H groups in total. The monoisotopic (exact) mass is 682 g/mol. The van der Waals surface area contributed by atoms with E-state index in [-0.39, 0.29) is 39.2 Å². The van der Waals surface area contributed by atoms with E-state index in [2.05, 4.69) is 25.1 Å². The molecule has 4 aromatic rings. The SMILES string of the molecule is Cc1ccc(COCC(F)(F)F)c(N2C(=O)CS/C2=N\C(=O)Nc2ccc(-c3ncn(-c4ccc(OC(F)(F)F)cc4)n3)cc2F)c1. The summed E-state index contributed by atoms with van der Waals surface area (Å²) in [4.78, 5) is 34.6. The molecule has 18 heteroatoms. The largest absolute Gasteiger partial charge is 0.573 e. The van der Waals surface area contributed by atoms with Gasteiger partial charge in [-0.3, -0.25) is 9.69 Å². The van der Waals surface area contributed by atoms with E-state index in [9.17, 15) is 35.9 Å². The highest BCUT2D eigenvalue weighted by atomic mass is 32.2. The van der Waals surface area contributed by atoms with Crippen molar-refractivity contribution in [1.82, 2.24) is 14.8 Å². The summed E-state index contributed by atoms with van der Waals surface area (Å²) < 4.78 is 99.9. The molecule has 0 spiro atoms. The van der Waals surface area contributed by atoms with E-state index in [0.29, 0.717) is 11.3 Å². The number of amides is 3. The number of alkyl halides is 6. The van der Waals surface area contributed by atoms with Crippen molar-refractivity contribution in [2.75, 3.05) is 22.6 Å². The Hall–Kier alpha value is -4.97. The Kier molecular flexibility index (Phi) is 9.53. The number of nitrogens with zero attached hydrogens (tertiary/aromatic N) is 5. The number of carbonyl (C=O) groups excluding carboxylic acids is 2. The molecule has 1 aliphatic rings. The molecule has 0 unspecified atom stereocenters. The minimum absolute atomic E-state index is 0.0695. The third-order valence-corrected chi connectivity index (χ3v) is 7.19. The number of halogens is 7. The van der Waals surface area contributed by atoms with Crippen molar-refractivity contribution >= 4 is 40.2 Å². The van der Waals surface area contributed by atoms with Crippen LogP contribution in [0.15, 0.2) is 72.0 Å². The number of carbonyl (C=O) groups is 2. The molecule has 1 saturated heterocycles. The Morgan fingerprint density at radius 3 is 2.47 bits per heavy atom. The second kappa shape index (κ2) is 13.4. The molecular formula is C29H21F7N6O4S. The fraction of sp³-hybridized carbons (Fsp3) is 0.207. The van der Waals surface area contributed by atoms with Gasteiger partial charge in [0.25, 0.3) is 0 Å². The fourth-order valence-electron chi connectivity index (χ4n) is 4.27. The van der Waals surface area contributed by atoms with E-state index < -0.39 is 49.3 Å². The quantitative estimate of drug-likeness (QED) is 0.199. The molecule has 2 heterocycles. The van der Waals surface area contributed by atoms with Gasteiger partial charge in [0.2, 0.25) is 5.91 Å². The predicted molar refractivity (Wildman–Crippen MR) is 157 cm³/mol. The minimum Gasteiger partial charge on any atom is -0.406 e. The summed E-state index contributed by atoms with van der Waals surface area (Å²) in [5, 5.41) is 6.43. The van der Waals surface area contributed by atoms with Gasteiger partial charge in [-0.1, -0.05) is 23.9 Å². The van der Waals surface area contributed by atoms with E-state index in [1.54, 1.807) is 19.1 Å². The zero-order chi connectivity index (χ0) is 33.9. The van der Waals surface area contributed by atoms with E-state index in [1.807, 2.05) is 0 Å². The molecule has 3 aromatic carbocycles. The van der Waals surface area contributed by atoms with Gasteiger partial charge in [0, 0.05) is 11.1 Å². The lowest BCUT2D eigenvalue weighted by Crippen LogP contribution is -2.31. The van der Waals surface area contributed by atoms with Gasteiger partial charge in [0.05, 0.1) is 29.4 Å². The standard InChI is InChI=1S/C29H21F7N6O4S/c1-16-2-3-18(12-45-14-28(31,32)33)23(10-16)42-24(43)13-47-27(42)39-26(44)38-22-9-4-17(11-21(22)30)25-37-15-41(40-25)19-5-7-20(8-6-19)46-29(34,35)36/h2-11,15H,12-14H2,1H3,(H,38,44)/b39-27-. The van der Waals surface area contributed by atoms with Crippen LogP contribution in [0.5, 0.6) is 5.75 Å². The summed E-state index contributed by atoms with van der Waals surface area (Å²) in [6.45, 7) is -0.245. The number of aliphatic imine (C=N–C) groups is 1. The van der Waals surface area contributed by atoms with Gasteiger partial charge in [0.15, 0.2) is 11.0 Å². The first kappa shape index (κ1) is 33.4. The Morgan fingerprint density at radius 1 is 1.04 bits per heavy atom. The minimum atomic E-state index is -4.84. The van der Waals surface area contributed by atoms with Gasteiger partial charge in [-0.2, -0.15) is 18.2 Å². The van der Waals surface area contributed by atoms with E-state index >= 15 is 4.39 Å². The van der Waals surface area contributed by atoms with Crippen LogP contribution >= 0.6 is 11.8 Å². The van der Waals surface area contributed by atoms with Crippen LogP contribution in [0.3, 0.4) is 0 Å². The molecule has 5 rings (SSSR count). The number of aromatic nitrogens is 3. The van der Waals surface area contributed by atoms with Crippen LogP contribution in [0.4, 0.5) is 46.9 Å². The number of benzene rings is 3. The predicted octanol–water partition coefficient (Wildman–Crippen LogP) is 7.03. The van der Waals surface area contributed by atoms with Crippen LogP contribution in [0.2, 0.25) is 0 Å². The maximum atomic E-state index is 15.0. The lowest BCUT2D eigenvalue weighted by atomic mass is 10.1. The van der Waals surface area contributed by atoms with E-state index in [4.69, 9.17) is 4.74 Å². The Morgan fingerprint density at radius 2 is 1.79 bits per heavy atom. The first-order chi connectivity index (χ1) is 22.1. The zero-order valence-electron chi connectivity index (χ0n) is 23.9. The maximum Gasteiger partial charge on any atom is 0.573 e. The maximum absolute atomic E-state index is 15.0. The van der Waals surface area contributed by atoms with Crippen LogP contribution in [0.1, 0.15) is 11.1 Å². The number of thioether (sulfide) groups is 1. The smallest absolute Gasteiger partial charge is 0.406 e. The number of rotatable bonds is 8. The van der Waals surface area contributed by atoms with Gasteiger partial charge < -0.3 is 14.8 Å². The second-order valence-electron chi connectivity index (χ2n) is 9.83. The molecule has 0 atom stereocenters. The lowest BCUT2D eigenvalue weighted by Gasteiger charge is -2.21. The van der Waals surface area contributed by atoms with Crippen LogP contribution in [-0.4, -0.2) is 56.8 Å². The number of hydrogen-bond donors (Lipinski definition) is 1. The summed E-state index contributed by atoms with van der Waals surface area (Å²) in [5.41, 5.74) is 1.44. The molecule has 0 radical (unpaired) electrons. The Bertz CT molecular complexity index is 1830. The molecule has 1 fully saturated rings. The summed E-state index contributed by atoms with van der Waals surface area (Å²) >= 11 is 0.918.